The van der Waals surface area contributed by atoms with E-state index in [1.54, 1.807) is 19.0 Å². The van der Waals surface area contributed by atoms with Gasteiger partial charge in [0, 0.05) is 33.5 Å². The van der Waals surface area contributed by atoms with Gasteiger partial charge in [-0.1, -0.05) is 12.8 Å². The Morgan fingerprint density at radius 2 is 1.79 bits per heavy atom. The first kappa shape index (κ1) is 18.2. The van der Waals surface area contributed by atoms with E-state index in [4.69, 9.17) is 5.73 Å². The fourth-order valence-electron chi connectivity index (χ4n) is 2.41. The van der Waals surface area contributed by atoms with Crippen molar-refractivity contribution in [2.24, 2.45) is 5.73 Å². The summed E-state index contributed by atoms with van der Waals surface area (Å²) in [5, 5.41) is 3.06. The van der Waals surface area contributed by atoms with Crippen molar-refractivity contribution >= 4 is 24.2 Å². The van der Waals surface area contributed by atoms with E-state index in [0.29, 0.717) is 25.8 Å². The number of nitrogens with one attached hydrogen (secondary N) is 1. The van der Waals surface area contributed by atoms with Gasteiger partial charge in [-0.15, -0.1) is 12.4 Å². The maximum absolute atomic E-state index is 11.8. The third kappa shape index (κ3) is 5.78. The zero-order valence-corrected chi connectivity index (χ0v) is 12.7. The van der Waals surface area contributed by atoms with Crippen molar-refractivity contribution in [1.29, 1.82) is 0 Å². The summed E-state index contributed by atoms with van der Waals surface area (Å²) in [6.45, 7) is 0.509. The van der Waals surface area contributed by atoms with Crippen molar-refractivity contribution in [3.63, 3.8) is 0 Å². The second-order valence-electron chi connectivity index (χ2n) is 5.38. The van der Waals surface area contributed by atoms with Gasteiger partial charge in [-0.3, -0.25) is 9.59 Å². The van der Waals surface area contributed by atoms with Gasteiger partial charge in [0.25, 0.3) is 0 Å². The fourth-order valence-corrected chi connectivity index (χ4v) is 2.41. The minimum atomic E-state index is -0.178. The van der Waals surface area contributed by atoms with Crippen molar-refractivity contribution in [1.82, 2.24) is 10.2 Å². The number of nitrogens with zero attached hydrogens (tertiary/aromatic N) is 1. The van der Waals surface area contributed by atoms with E-state index < -0.39 is 0 Å². The molecule has 0 saturated heterocycles. The van der Waals surface area contributed by atoms with Crippen LogP contribution in [0.5, 0.6) is 0 Å². The van der Waals surface area contributed by atoms with Crippen molar-refractivity contribution in [2.75, 3.05) is 20.6 Å². The van der Waals surface area contributed by atoms with E-state index in [-0.39, 0.29) is 29.8 Å². The average molecular weight is 292 g/mol. The number of hydrogen-bond acceptors (Lipinski definition) is 3. The third-order valence-electron chi connectivity index (χ3n) is 3.65. The molecular weight excluding hydrogens is 266 g/mol. The van der Waals surface area contributed by atoms with Gasteiger partial charge in [-0.2, -0.15) is 0 Å². The van der Waals surface area contributed by atoms with E-state index in [0.717, 1.165) is 25.7 Å². The predicted molar refractivity (Wildman–Crippen MR) is 78.2 cm³/mol. The molecule has 0 aromatic rings. The van der Waals surface area contributed by atoms with Crippen molar-refractivity contribution in [3.8, 4) is 0 Å². The van der Waals surface area contributed by atoms with Crippen molar-refractivity contribution in [2.45, 2.75) is 50.5 Å². The lowest BCUT2D eigenvalue weighted by Gasteiger charge is -2.28. The van der Waals surface area contributed by atoms with Gasteiger partial charge in [0.15, 0.2) is 0 Å². The lowest BCUT2D eigenvalue weighted by atomic mass is 9.97. The maximum Gasteiger partial charge on any atom is 0.222 e. The highest BCUT2D eigenvalue weighted by atomic mass is 35.5. The molecule has 0 aliphatic heterocycles. The standard InChI is InChI=1S/C13H25N3O2.ClH/c1-16(2)12(18)7-5-6-11(17)15-13(10-14)8-3-4-9-13;/h3-10,14H2,1-2H3,(H,15,17);1H. The molecule has 0 heterocycles. The van der Waals surface area contributed by atoms with Crippen molar-refractivity contribution < 1.29 is 9.59 Å². The second kappa shape index (κ2) is 8.38. The molecule has 0 unspecified atom stereocenters. The Hall–Kier alpha value is -0.810. The molecule has 1 fully saturated rings. The first-order valence-corrected chi connectivity index (χ1v) is 6.70. The zero-order valence-electron chi connectivity index (χ0n) is 11.9. The molecule has 5 nitrogen and oxygen atoms in total. The lowest BCUT2D eigenvalue weighted by Crippen LogP contribution is -2.51. The molecule has 0 atom stereocenters. The quantitative estimate of drug-likeness (QED) is 0.768. The molecule has 6 heteroatoms. The SMILES string of the molecule is CN(C)C(=O)CCCC(=O)NC1(CN)CCCC1.Cl. The molecule has 112 valence electrons. The Morgan fingerprint density at radius 3 is 2.26 bits per heavy atom. The normalized spacial score (nSPS) is 16.6. The molecular formula is C13H26ClN3O2. The lowest BCUT2D eigenvalue weighted by molar-refractivity contribution is -0.129. The number of nitrogens with two attached hydrogens (primary N) is 1. The molecule has 1 aliphatic rings. The summed E-state index contributed by atoms with van der Waals surface area (Å²) in [4.78, 5) is 24.7. The van der Waals surface area contributed by atoms with Gasteiger partial charge in [-0.05, 0) is 19.3 Å². The first-order valence-electron chi connectivity index (χ1n) is 6.70. The van der Waals surface area contributed by atoms with Crippen LogP contribution in [0.15, 0.2) is 0 Å². The maximum atomic E-state index is 11.8. The Morgan fingerprint density at radius 1 is 1.21 bits per heavy atom. The molecule has 1 rings (SSSR count). The van der Waals surface area contributed by atoms with E-state index in [1.165, 1.54) is 0 Å². The van der Waals surface area contributed by atoms with Gasteiger partial charge in [-0.25, -0.2) is 0 Å². The van der Waals surface area contributed by atoms with Crippen LogP contribution in [-0.2, 0) is 9.59 Å². The van der Waals surface area contributed by atoms with Crippen LogP contribution in [0.4, 0.5) is 0 Å². The Kier molecular flexibility index (Phi) is 8.02. The molecule has 0 aromatic carbocycles. The zero-order chi connectivity index (χ0) is 13.6. The van der Waals surface area contributed by atoms with E-state index >= 15 is 0 Å². The predicted octanol–water partition coefficient (Wildman–Crippen LogP) is 1.05. The summed E-state index contributed by atoms with van der Waals surface area (Å²) in [6, 6.07) is 0. The molecule has 1 aliphatic carbocycles. The third-order valence-corrected chi connectivity index (χ3v) is 3.65. The molecule has 19 heavy (non-hydrogen) atoms. The first-order chi connectivity index (χ1) is 8.49. The number of rotatable bonds is 6. The van der Waals surface area contributed by atoms with Crippen LogP contribution in [0.1, 0.15) is 44.9 Å². The molecule has 1 saturated carbocycles. The van der Waals surface area contributed by atoms with Gasteiger partial charge < -0.3 is 16.0 Å². The van der Waals surface area contributed by atoms with Crippen LogP contribution in [0.3, 0.4) is 0 Å². The smallest absolute Gasteiger partial charge is 0.222 e. The number of amides is 2. The topological polar surface area (TPSA) is 75.4 Å². The van der Waals surface area contributed by atoms with Crippen LogP contribution >= 0.6 is 12.4 Å². The van der Waals surface area contributed by atoms with Crippen LogP contribution in [0.25, 0.3) is 0 Å². The molecule has 0 radical (unpaired) electrons. The van der Waals surface area contributed by atoms with Crippen LogP contribution in [-0.4, -0.2) is 42.9 Å². The number of carbonyl (C=O) groups excluding carboxylic acids is 2. The molecule has 0 spiro atoms. The van der Waals surface area contributed by atoms with Gasteiger partial charge in [0.05, 0.1) is 5.54 Å². The number of hydrogen-bond donors (Lipinski definition) is 2. The van der Waals surface area contributed by atoms with E-state index in [1.807, 2.05) is 0 Å². The molecule has 2 amide bonds. The Bertz CT molecular complexity index is 302. The Balaban J connectivity index is 0.00000324. The van der Waals surface area contributed by atoms with Crippen LogP contribution in [0, 0.1) is 0 Å². The minimum Gasteiger partial charge on any atom is -0.349 e. The van der Waals surface area contributed by atoms with Crippen LogP contribution in [0.2, 0.25) is 0 Å². The van der Waals surface area contributed by atoms with Gasteiger partial charge in [0.2, 0.25) is 11.8 Å². The molecule has 0 bridgehead atoms. The highest BCUT2D eigenvalue weighted by Crippen LogP contribution is 2.28. The van der Waals surface area contributed by atoms with Gasteiger partial charge in [0.1, 0.15) is 0 Å². The average Bonchev–Trinajstić information content (AvgIpc) is 2.77. The summed E-state index contributed by atoms with van der Waals surface area (Å²) >= 11 is 0. The van der Waals surface area contributed by atoms with E-state index in [2.05, 4.69) is 5.32 Å². The highest BCUT2D eigenvalue weighted by molar-refractivity contribution is 5.85. The number of halogens is 1. The van der Waals surface area contributed by atoms with Crippen LogP contribution < -0.4 is 11.1 Å². The summed E-state index contributed by atoms with van der Waals surface area (Å²) in [6.07, 6.45) is 5.66. The Labute approximate surface area is 121 Å². The monoisotopic (exact) mass is 291 g/mol. The van der Waals surface area contributed by atoms with E-state index in [9.17, 15) is 9.59 Å². The van der Waals surface area contributed by atoms with Gasteiger partial charge >= 0.3 is 0 Å². The van der Waals surface area contributed by atoms with Crippen molar-refractivity contribution in [3.05, 3.63) is 0 Å². The summed E-state index contributed by atoms with van der Waals surface area (Å²) < 4.78 is 0. The number of carbonyl (C=O) groups is 2. The minimum absolute atomic E-state index is 0. The molecule has 3 N–H and O–H groups in total. The highest BCUT2D eigenvalue weighted by Gasteiger charge is 2.33. The second-order valence-corrected chi connectivity index (χ2v) is 5.38. The molecule has 0 aromatic heterocycles. The largest absolute Gasteiger partial charge is 0.349 e. The summed E-state index contributed by atoms with van der Waals surface area (Å²) in [7, 11) is 3.45. The summed E-state index contributed by atoms with van der Waals surface area (Å²) in [5.74, 6) is 0.0890. The fraction of sp³-hybridized carbons (Fsp3) is 0.846. The summed E-state index contributed by atoms with van der Waals surface area (Å²) in [5.41, 5.74) is 5.58.